The Bertz CT molecular complexity index is 610. The molecule has 0 saturated carbocycles. The number of hydrogen-bond donors (Lipinski definition) is 4. The second-order valence-corrected chi connectivity index (χ2v) is 8.01. The number of rotatable bonds is 8. The fourth-order valence-corrected chi connectivity index (χ4v) is 2.52. The van der Waals surface area contributed by atoms with Gasteiger partial charge >= 0.3 is 0 Å². The molecule has 7 heteroatoms. The van der Waals surface area contributed by atoms with E-state index in [0.717, 1.165) is 5.56 Å². The number of guanidine groups is 1. The van der Waals surface area contributed by atoms with Gasteiger partial charge in [-0.05, 0) is 37.3 Å². The van der Waals surface area contributed by atoms with E-state index in [-0.39, 0.29) is 47.9 Å². The van der Waals surface area contributed by atoms with Crippen LogP contribution in [0.4, 0.5) is 0 Å². The van der Waals surface area contributed by atoms with Crippen LogP contribution in [-0.2, 0) is 10.2 Å². The molecule has 6 nitrogen and oxygen atoms in total. The summed E-state index contributed by atoms with van der Waals surface area (Å²) in [6, 6.07) is 8.16. The number of aliphatic hydroxyl groups is 1. The molecule has 1 atom stereocenters. The summed E-state index contributed by atoms with van der Waals surface area (Å²) in [7, 11) is 0. The van der Waals surface area contributed by atoms with Gasteiger partial charge in [-0.25, -0.2) is 0 Å². The Morgan fingerprint density at radius 3 is 2.25 bits per heavy atom. The van der Waals surface area contributed by atoms with Gasteiger partial charge in [0.25, 0.3) is 0 Å². The molecule has 0 saturated heterocycles. The standard InChI is InChI=1S/C21H36N4O2.HI/c1-7-22-20(23-13-12-19(27)25-15(2)3)24-14-18(26)16-8-10-17(11-9-16)21(4,5)6;/h8-11,15,18,26H,7,12-14H2,1-6H3,(H,25,27)(H2,22,23,24);1H. The third kappa shape index (κ3) is 10.3. The summed E-state index contributed by atoms with van der Waals surface area (Å²) in [5.41, 5.74) is 2.17. The molecule has 1 aromatic carbocycles. The first kappa shape index (κ1) is 26.6. The summed E-state index contributed by atoms with van der Waals surface area (Å²) in [4.78, 5) is 16.1. The van der Waals surface area contributed by atoms with Crippen LogP contribution >= 0.6 is 24.0 Å². The summed E-state index contributed by atoms with van der Waals surface area (Å²) in [6.45, 7) is 13.8. The fourth-order valence-electron chi connectivity index (χ4n) is 2.52. The SMILES string of the molecule is CCNC(=NCC(O)c1ccc(C(C)(C)C)cc1)NCCC(=O)NC(C)C.I. The summed E-state index contributed by atoms with van der Waals surface area (Å²) >= 11 is 0. The first-order valence-electron chi connectivity index (χ1n) is 9.73. The molecule has 0 aliphatic carbocycles. The van der Waals surface area contributed by atoms with E-state index in [2.05, 4.69) is 53.8 Å². The molecule has 0 fully saturated rings. The molecule has 0 aliphatic heterocycles. The fraction of sp³-hybridized carbons (Fsp3) is 0.619. The molecule has 28 heavy (non-hydrogen) atoms. The number of carbonyl (C=O) groups is 1. The zero-order chi connectivity index (χ0) is 20.4. The summed E-state index contributed by atoms with van der Waals surface area (Å²) in [6.07, 6.45) is -0.293. The van der Waals surface area contributed by atoms with Crippen LogP contribution in [0, 0.1) is 0 Å². The highest BCUT2D eigenvalue weighted by Gasteiger charge is 2.14. The van der Waals surface area contributed by atoms with E-state index < -0.39 is 6.10 Å². The van der Waals surface area contributed by atoms with Crippen LogP contribution in [0.15, 0.2) is 29.3 Å². The molecule has 160 valence electrons. The van der Waals surface area contributed by atoms with Crippen LogP contribution in [0.2, 0.25) is 0 Å². The molecule has 1 amide bonds. The zero-order valence-electron chi connectivity index (χ0n) is 18.0. The number of hydrogen-bond acceptors (Lipinski definition) is 3. The number of nitrogens with zero attached hydrogens (tertiary/aromatic N) is 1. The largest absolute Gasteiger partial charge is 0.386 e. The number of nitrogens with one attached hydrogen (secondary N) is 3. The number of amides is 1. The minimum Gasteiger partial charge on any atom is -0.386 e. The van der Waals surface area contributed by atoms with Gasteiger partial charge in [-0.1, -0.05) is 45.0 Å². The van der Waals surface area contributed by atoms with Gasteiger partial charge in [0.1, 0.15) is 0 Å². The van der Waals surface area contributed by atoms with Crippen LogP contribution in [0.5, 0.6) is 0 Å². The van der Waals surface area contributed by atoms with Crippen molar-refractivity contribution in [3.8, 4) is 0 Å². The molecule has 1 rings (SSSR count). The Hall–Kier alpha value is -1.35. The van der Waals surface area contributed by atoms with Crippen molar-refractivity contribution in [2.75, 3.05) is 19.6 Å². The number of aliphatic imine (C=N–C) groups is 1. The Kier molecular flexibility index (Phi) is 12.4. The normalized spacial score (nSPS) is 12.9. The van der Waals surface area contributed by atoms with E-state index in [0.29, 0.717) is 25.5 Å². The third-order valence-corrected chi connectivity index (χ3v) is 4.02. The molecule has 0 spiro atoms. The molecular weight excluding hydrogens is 467 g/mol. The molecular formula is C21H37IN4O2. The van der Waals surface area contributed by atoms with E-state index in [4.69, 9.17) is 0 Å². The molecule has 1 unspecified atom stereocenters. The molecule has 0 heterocycles. The summed E-state index contributed by atoms with van der Waals surface area (Å²) in [5, 5.41) is 19.5. The lowest BCUT2D eigenvalue weighted by molar-refractivity contribution is -0.121. The predicted molar refractivity (Wildman–Crippen MR) is 127 cm³/mol. The number of aliphatic hydroxyl groups excluding tert-OH is 1. The Balaban J connectivity index is 0.00000729. The third-order valence-electron chi connectivity index (χ3n) is 4.02. The maximum Gasteiger partial charge on any atom is 0.221 e. The van der Waals surface area contributed by atoms with Crippen molar-refractivity contribution >= 4 is 35.8 Å². The van der Waals surface area contributed by atoms with E-state index in [1.807, 2.05) is 32.9 Å². The van der Waals surface area contributed by atoms with Crippen LogP contribution in [0.25, 0.3) is 0 Å². The first-order valence-corrected chi connectivity index (χ1v) is 9.73. The lowest BCUT2D eigenvalue weighted by Crippen LogP contribution is -2.40. The average Bonchev–Trinajstić information content (AvgIpc) is 2.58. The zero-order valence-corrected chi connectivity index (χ0v) is 20.3. The topological polar surface area (TPSA) is 85.8 Å². The Labute approximate surface area is 187 Å². The van der Waals surface area contributed by atoms with Gasteiger partial charge in [-0.2, -0.15) is 0 Å². The van der Waals surface area contributed by atoms with Gasteiger partial charge in [0.15, 0.2) is 5.96 Å². The monoisotopic (exact) mass is 504 g/mol. The van der Waals surface area contributed by atoms with Crippen LogP contribution in [0.1, 0.15) is 65.2 Å². The van der Waals surface area contributed by atoms with Gasteiger partial charge in [0.2, 0.25) is 5.91 Å². The highest BCUT2D eigenvalue weighted by molar-refractivity contribution is 14.0. The predicted octanol–water partition coefficient (Wildman–Crippen LogP) is 3.11. The van der Waals surface area contributed by atoms with Gasteiger partial charge in [-0.3, -0.25) is 9.79 Å². The maximum absolute atomic E-state index is 11.7. The average molecular weight is 504 g/mol. The van der Waals surface area contributed by atoms with Crippen molar-refractivity contribution in [3.05, 3.63) is 35.4 Å². The Morgan fingerprint density at radius 2 is 1.75 bits per heavy atom. The smallest absolute Gasteiger partial charge is 0.221 e. The van der Waals surface area contributed by atoms with Gasteiger partial charge in [0.05, 0.1) is 12.6 Å². The van der Waals surface area contributed by atoms with E-state index in [1.165, 1.54) is 5.56 Å². The van der Waals surface area contributed by atoms with Gasteiger partial charge in [0, 0.05) is 25.6 Å². The lowest BCUT2D eigenvalue weighted by atomic mass is 9.86. The van der Waals surface area contributed by atoms with Gasteiger partial charge in [-0.15, -0.1) is 24.0 Å². The second-order valence-electron chi connectivity index (χ2n) is 8.01. The molecule has 0 bridgehead atoms. The first-order chi connectivity index (χ1) is 12.6. The van der Waals surface area contributed by atoms with E-state index >= 15 is 0 Å². The summed E-state index contributed by atoms with van der Waals surface area (Å²) < 4.78 is 0. The van der Waals surface area contributed by atoms with Crippen molar-refractivity contribution in [2.45, 2.75) is 65.5 Å². The number of benzene rings is 1. The van der Waals surface area contributed by atoms with Crippen molar-refractivity contribution in [2.24, 2.45) is 4.99 Å². The van der Waals surface area contributed by atoms with Gasteiger partial charge < -0.3 is 21.1 Å². The second kappa shape index (κ2) is 13.0. The maximum atomic E-state index is 11.7. The minimum atomic E-state index is -0.668. The molecule has 0 aromatic heterocycles. The molecule has 0 aliphatic rings. The summed E-state index contributed by atoms with van der Waals surface area (Å²) in [5.74, 6) is 0.604. The minimum absolute atomic E-state index is 0. The van der Waals surface area contributed by atoms with E-state index in [9.17, 15) is 9.90 Å². The van der Waals surface area contributed by atoms with Crippen LogP contribution in [0.3, 0.4) is 0 Å². The molecule has 1 aromatic rings. The Morgan fingerprint density at radius 1 is 1.14 bits per heavy atom. The van der Waals surface area contributed by atoms with Crippen molar-refractivity contribution in [1.29, 1.82) is 0 Å². The van der Waals surface area contributed by atoms with Crippen molar-refractivity contribution in [1.82, 2.24) is 16.0 Å². The van der Waals surface area contributed by atoms with Crippen LogP contribution in [-0.4, -0.2) is 42.6 Å². The number of halogens is 1. The number of carbonyl (C=O) groups excluding carboxylic acids is 1. The van der Waals surface area contributed by atoms with Crippen molar-refractivity contribution < 1.29 is 9.90 Å². The molecule has 0 radical (unpaired) electrons. The van der Waals surface area contributed by atoms with Crippen molar-refractivity contribution in [3.63, 3.8) is 0 Å². The lowest BCUT2D eigenvalue weighted by Gasteiger charge is -2.20. The quantitative estimate of drug-likeness (QED) is 0.249. The van der Waals surface area contributed by atoms with Crippen LogP contribution < -0.4 is 16.0 Å². The highest BCUT2D eigenvalue weighted by Crippen LogP contribution is 2.24. The van der Waals surface area contributed by atoms with E-state index in [1.54, 1.807) is 0 Å². The molecule has 4 N–H and O–H groups in total. The highest BCUT2D eigenvalue weighted by atomic mass is 127.